The molecular weight excluding hydrogens is 236 g/mol. The van der Waals surface area contributed by atoms with Crippen molar-refractivity contribution < 1.29 is 0 Å². The second-order valence-corrected chi connectivity index (χ2v) is 6.39. The van der Waals surface area contributed by atoms with Gasteiger partial charge >= 0.3 is 0 Å². The SMILES string of the molecule is CC(C)CNc1nccn1C1CCN2CCCCC12. The Morgan fingerprint density at radius 1 is 1.26 bits per heavy atom. The first-order valence-electron chi connectivity index (χ1n) is 7.76. The summed E-state index contributed by atoms with van der Waals surface area (Å²) in [5, 5.41) is 3.50. The van der Waals surface area contributed by atoms with Crippen LogP contribution in [0.5, 0.6) is 0 Å². The molecule has 0 bridgehead atoms. The zero-order valence-electron chi connectivity index (χ0n) is 12.2. The van der Waals surface area contributed by atoms with E-state index in [1.807, 2.05) is 6.20 Å². The molecule has 0 saturated carbocycles. The summed E-state index contributed by atoms with van der Waals surface area (Å²) in [6.45, 7) is 8.03. The van der Waals surface area contributed by atoms with Gasteiger partial charge in [-0.25, -0.2) is 4.98 Å². The van der Waals surface area contributed by atoms with E-state index in [0.717, 1.165) is 18.5 Å². The zero-order chi connectivity index (χ0) is 13.2. The summed E-state index contributed by atoms with van der Waals surface area (Å²) in [6, 6.07) is 1.36. The fourth-order valence-corrected chi connectivity index (χ4v) is 3.56. The van der Waals surface area contributed by atoms with Crippen LogP contribution in [0.4, 0.5) is 5.95 Å². The van der Waals surface area contributed by atoms with Gasteiger partial charge < -0.3 is 9.88 Å². The Labute approximate surface area is 116 Å². The van der Waals surface area contributed by atoms with Crippen molar-refractivity contribution in [3.05, 3.63) is 12.4 Å². The molecule has 3 heterocycles. The molecule has 1 N–H and O–H groups in total. The van der Waals surface area contributed by atoms with Gasteiger partial charge in [0.15, 0.2) is 0 Å². The molecule has 0 spiro atoms. The van der Waals surface area contributed by atoms with E-state index in [2.05, 4.69) is 39.8 Å². The third-order valence-electron chi connectivity index (χ3n) is 4.51. The first-order valence-corrected chi connectivity index (χ1v) is 7.76. The van der Waals surface area contributed by atoms with E-state index in [0.29, 0.717) is 12.0 Å². The second kappa shape index (κ2) is 5.53. The monoisotopic (exact) mass is 262 g/mol. The molecule has 2 aliphatic heterocycles. The Bertz CT molecular complexity index is 412. The molecule has 2 atom stereocenters. The Balaban J connectivity index is 1.73. The van der Waals surface area contributed by atoms with E-state index >= 15 is 0 Å². The minimum absolute atomic E-state index is 0.623. The van der Waals surface area contributed by atoms with Gasteiger partial charge in [0.1, 0.15) is 0 Å². The molecule has 0 amide bonds. The predicted molar refractivity (Wildman–Crippen MR) is 78.4 cm³/mol. The molecule has 1 aromatic rings. The van der Waals surface area contributed by atoms with Crippen molar-refractivity contribution in [1.82, 2.24) is 14.5 Å². The summed E-state index contributed by atoms with van der Waals surface area (Å²) < 4.78 is 2.39. The second-order valence-electron chi connectivity index (χ2n) is 6.39. The number of imidazole rings is 1. The largest absolute Gasteiger partial charge is 0.355 e. The first kappa shape index (κ1) is 13.0. The van der Waals surface area contributed by atoms with Crippen LogP contribution in [0, 0.1) is 5.92 Å². The Morgan fingerprint density at radius 2 is 2.16 bits per heavy atom. The van der Waals surface area contributed by atoms with Gasteiger partial charge in [0, 0.05) is 31.5 Å². The minimum Gasteiger partial charge on any atom is -0.355 e. The van der Waals surface area contributed by atoms with Crippen LogP contribution in [-0.2, 0) is 0 Å². The first-order chi connectivity index (χ1) is 9.25. The molecule has 19 heavy (non-hydrogen) atoms. The van der Waals surface area contributed by atoms with Crippen molar-refractivity contribution in [3.63, 3.8) is 0 Å². The van der Waals surface area contributed by atoms with E-state index in [-0.39, 0.29) is 0 Å². The van der Waals surface area contributed by atoms with Crippen LogP contribution >= 0.6 is 0 Å². The summed E-state index contributed by atoms with van der Waals surface area (Å²) in [4.78, 5) is 7.18. The van der Waals surface area contributed by atoms with E-state index in [1.54, 1.807) is 0 Å². The Hall–Kier alpha value is -1.03. The van der Waals surface area contributed by atoms with Gasteiger partial charge in [-0.05, 0) is 31.7 Å². The molecule has 106 valence electrons. The van der Waals surface area contributed by atoms with Gasteiger partial charge in [-0.1, -0.05) is 20.3 Å². The fourth-order valence-electron chi connectivity index (χ4n) is 3.56. The molecular formula is C15H26N4. The highest BCUT2D eigenvalue weighted by Crippen LogP contribution is 2.36. The van der Waals surface area contributed by atoms with E-state index in [4.69, 9.17) is 0 Å². The maximum atomic E-state index is 4.50. The Morgan fingerprint density at radius 3 is 3.00 bits per heavy atom. The molecule has 3 rings (SSSR count). The summed E-state index contributed by atoms with van der Waals surface area (Å²) >= 11 is 0. The highest BCUT2D eigenvalue weighted by molar-refractivity contribution is 5.27. The highest BCUT2D eigenvalue weighted by Gasteiger charge is 2.37. The topological polar surface area (TPSA) is 33.1 Å². The van der Waals surface area contributed by atoms with E-state index in [9.17, 15) is 0 Å². The molecule has 2 aliphatic rings. The minimum atomic E-state index is 0.623. The van der Waals surface area contributed by atoms with Gasteiger partial charge in [-0.2, -0.15) is 0 Å². The Kier molecular flexibility index (Phi) is 3.78. The molecule has 0 aliphatic carbocycles. The highest BCUT2D eigenvalue weighted by atomic mass is 15.3. The summed E-state index contributed by atoms with van der Waals surface area (Å²) in [7, 11) is 0. The van der Waals surface area contributed by atoms with Crippen LogP contribution in [-0.4, -0.2) is 40.1 Å². The average Bonchev–Trinajstić information content (AvgIpc) is 3.02. The third-order valence-corrected chi connectivity index (χ3v) is 4.51. The standard InChI is InChI=1S/C15H26N4/c1-12(2)11-17-15-16-7-10-19(15)14-6-9-18-8-4-3-5-13(14)18/h7,10,12-14H,3-6,8-9,11H2,1-2H3,(H,16,17). The number of aromatic nitrogens is 2. The van der Waals surface area contributed by atoms with Crippen molar-refractivity contribution in [1.29, 1.82) is 0 Å². The number of hydrogen-bond donors (Lipinski definition) is 1. The zero-order valence-corrected chi connectivity index (χ0v) is 12.2. The maximum absolute atomic E-state index is 4.50. The van der Waals surface area contributed by atoms with Gasteiger partial charge in [0.2, 0.25) is 5.95 Å². The van der Waals surface area contributed by atoms with Crippen LogP contribution in [0.25, 0.3) is 0 Å². The van der Waals surface area contributed by atoms with Gasteiger partial charge in [-0.15, -0.1) is 0 Å². The molecule has 2 unspecified atom stereocenters. The normalized spacial score (nSPS) is 27.7. The lowest BCUT2D eigenvalue weighted by molar-refractivity contribution is 0.174. The lowest BCUT2D eigenvalue weighted by Crippen LogP contribution is -2.37. The van der Waals surface area contributed by atoms with Crippen LogP contribution in [0.1, 0.15) is 45.6 Å². The number of anilines is 1. The maximum Gasteiger partial charge on any atom is 0.203 e. The smallest absolute Gasteiger partial charge is 0.203 e. The van der Waals surface area contributed by atoms with Crippen molar-refractivity contribution >= 4 is 5.95 Å². The molecule has 0 aromatic carbocycles. The van der Waals surface area contributed by atoms with Crippen molar-refractivity contribution in [3.8, 4) is 0 Å². The van der Waals surface area contributed by atoms with Crippen LogP contribution in [0.2, 0.25) is 0 Å². The molecule has 2 fully saturated rings. The summed E-state index contributed by atoms with van der Waals surface area (Å²) in [5.41, 5.74) is 0. The molecule has 1 aromatic heterocycles. The number of fused-ring (bicyclic) bond motifs is 1. The van der Waals surface area contributed by atoms with Crippen molar-refractivity contribution in [2.75, 3.05) is 25.0 Å². The molecule has 0 radical (unpaired) electrons. The van der Waals surface area contributed by atoms with Crippen LogP contribution in [0.3, 0.4) is 0 Å². The van der Waals surface area contributed by atoms with Gasteiger partial charge in [0.25, 0.3) is 0 Å². The van der Waals surface area contributed by atoms with Gasteiger partial charge in [0.05, 0.1) is 6.04 Å². The predicted octanol–water partition coefficient (Wildman–Crippen LogP) is 2.75. The third kappa shape index (κ3) is 2.64. The fraction of sp³-hybridized carbons (Fsp3) is 0.800. The van der Waals surface area contributed by atoms with Crippen molar-refractivity contribution in [2.24, 2.45) is 5.92 Å². The van der Waals surface area contributed by atoms with Gasteiger partial charge in [-0.3, -0.25) is 4.90 Å². The molecule has 2 saturated heterocycles. The van der Waals surface area contributed by atoms with E-state index < -0.39 is 0 Å². The lowest BCUT2D eigenvalue weighted by atomic mass is 9.99. The lowest BCUT2D eigenvalue weighted by Gasteiger charge is -2.33. The van der Waals surface area contributed by atoms with Crippen molar-refractivity contribution in [2.45, 2.75) is 51.6 Å². The van der Waals surface area contributed by atoms with E-state index in [1.165, 1.54) is 38.8 Å². The average molecular weight is 262 g/mol. The quantitative estimate of drug-likeness (QED) is 0.905. The molecule has 4 heteroatoms. The molecule has 4 nitrogen and oxygen atoms in total. The number of nitrogens with zero attached hydrogens (tertiary/aromatic N) is 3. The summed E-state index contributed by atoms with van der Waals surface area (Å²) in [5.74, 6) is 1.71. The van der Waals surface area contributed by atoms with Crippen LogP contribution in [0.15, 0.2) is 12.4 Å². The number of hydrogen-bond acceptors (Lipinski definition) is 3. The van der Waals surface area contributed by atoms with Crippen LogP contribution < -0.4 is 5.32 Å². The number of rotatable bonds is 4. The number of nitrogens with one attached hydrogen (secondary N) is 1. The number of piperidine rings is 1. The summed E-state index contributed by atoms with van der Waals surface area (Å²) in [6.07, 6.45) is 9.50.